The molecule has 1 aliphatic heterocycles. The Balaban J connectivity index is 1.42. The first-order valence-corrected chi connectivity index (χ1v) is 10.3. The van der Waals surface area contributed by atoms with Crippen LogP contribution in [0.25, 0.3) is 0 Å². The average Bonchev–Trinajstić information content (AvgIpc) is 2.75. The summed E-state index contributed by atoms with van der Waals surface area (Å²) in [5, 5.41) is 3.65. The molecule has 6 nitrogen and oxygen atoms in total. The standard InChI is InChI=1S/C22H28ClN3O3/c1-2-25(11-16-29-21-9-3-18(23)4-10-21)17-22(27)24-19-5-7-20(8-6-19)26-12-14-28-15-13-26/h3-10H,2,11-17H2,1H3,(H,24,27). The summed E-state index contributed by atoms with van der Waals surface area (Å²) in [5.41, 5.74) is 1.96. The van der Waals surface area contributed by atoms with Crippen LogP contribution in [-0.4, -0.2) is 63.4 Å². The lowest BCUT2D eigenvalue weighted by molar-refractivity contribution is -0.117. The minimum Gasteiger partial charge on any atom is -0.492 e. The molecule has 3 rings (SSSR count). The van der Waals surface area contributed by atoms with Gasteiger partial charge < -0.3 is 19.7 Å². The zero-order chi connectivity index (χ0) is 20.5. The van der Waals surface area contributed by atoms with E-state index in [2.05, 4.69) is 10.2 Å². The Morgan fingerprint density at radius 1 is 1.14 bits per heavy atom. The van der Waals surface area contributed by atoms with Crippen molar-refractivity contribution in [3.8, 4) is 5.75 Å². The highest BCUT2D eigenvalue weighted by atomic mass is 35.5. The summed E-state index contributed by atoms with van der Waals surface area (Å²) in [6, 6.07) is 15.2. The van der Waals surface area contributed by atoms with Gasteiger partial charge in [0, 0.05) is 36.0 Å². The Bertz CT molecular complexity index is 762. The highest BCUT2D eigenvalue weighted by Crippen LogP contribution is 2.19. The van der Waals surface area contributed by atoms with Crippen molar-refractivity contribution in [1.82, 2.24) is 4.90 Å². The third-order valence-electron chi connectivity index (χ3n) is 4.83. The first-order valence-electron chi connectivity index (χ1n) is 9.97. The Kier molecular flexibility index (Phi) is 8.16. The first kappa shape index (κ1) is 21.4. The number of nitrogens with zero attached hydrogens (tertiary/aromatic N) is 2. The van der Waals surface area contributed by atoms with Gasteiger partial charge in [-0.25, -0.2) is 0 Å². The number of rotatable bonds is 9. The highest BCUT2D eigenvalue weighted by Gasteiger charge is 2.12. The Hall–Kier alpha value is -2.28. The zero-order valence-corrected chi connectivity index (χ0v) is 17.5. The summed E-state index contributed by atoms with van der Waals surface area (Å²) in [6.45, 7) is 7.62. The van der Waals surface area contributed by atoms with Crippen molar-refractivity contribution >= 4 is 28.9 Å². The maximum absolute atomic E-state index is 12.4. The summed E-state index contributed by atoms with van der Waals surface area (Å²) >= 11 is 5.87. The van der Waals surface area contributed by atoms with Gasteiger partial charge in [-0.3, -0.25) is 9.69 Å². The normalized spacial score (nSPS) is 14.1. The van der Waals surface area contributed by atoms with Gasteiger partial charge in [0.2, 0.25) is 5.91 Å². The number of amides is 1. The molecule has 2 aromatic rings. The molecule has 0 unspecified atom stereocenters. The van der Waals surface area contributed by atoms with E-state index in [-0.39, 0.29) is 5.91 Å². The monoisotopic (exact) mass is 417 g/mol. The molecule has 1 aliphatic rings. The number of likely N-dealkylation sites (N-methyl/N-ethyl adjacent to an activating group) is 1. The molecule has 0 bridgehead atoms. The van der Waals surface area contributed by atoms with E-state index in [0.717, 1.165) is 50.0 Å². The van der Waals surface area contributed by atoms with Gasteiger partial charge in [0.25, 0.3) is 0 Å². The van der Waals surface area contributed by atoms with E-state index >= 15 is 0 Å². The Labute approximate surface area is 177 Å². The van der Waals surface area contributed by atoms with Crippen LogP contribution in [0.1, 0.15) is 6.92 Å². The first-order chi connectivity index (χ1) is 14.1. The van der Waals surface area contributed by atoms with Crippen LogP contribution < -0.4 is 15.0 Å². The molecule has 0 aromatic heterocycles. The number of morpholine rings is 1. The van der Waals surface area contributed by atoms with Crippen LogP contribution in [0.4, 0.5) is 11.4 Å². The summed E-state index contributed by atoms with van der Waals surface area (Å²) in [7, 11) is 0. The van der Waals surface area contributed by atoms with Gasteiger partial charge in [-0.05, 0) is 55.1 Å². The molecule has 0 radical (unpaired) electrons. The van der Waals surface area contributed by atoms with Gasteiger partial charge in [-0.1, -0.05) is 18.5 Å². The highest BCUT2D eigenvalue weighted by molar-refractivity contribution is 6.30. The maximum atomic E-state index is 12.4. The predicted octanol–water partition coefficient (Wildman–Crippen LogP) is 3.52. The summed E-state index contributed by atoms with van der Waals surface area (Å²) < 4.78 is 11.1. The second-order valence-corrected chi connectivity index (χ2v) is 7.30. The number of hydrogen-bond donors (Lipinski definition) is 1. The van der Waals surface area contributed by atoms with Crippen LogP contribution in [0, 0.1) is 0 Å². The van der Waals surface area contributed by atoms with Crippen molar-refractivity contribution in [3.05, 3.63) is 53.6 Å². The van der Waals surface area contributed by atoms with Crippen LogP contribution in [0.15, 0.2) is 48.5 Å². The van der Waals surface area contributed by atoms with Gasteiger partial charge in [-0.15, -0.1) is 0 Å². The molecule has 0 aliphatic carbocycles. The smallest absolute Gasteiger partial charge is 0.238 e. The van der Waals surface area contributed by atoms with E-state index in [1.807, 2.05) is 48.2 Å². The molecule has 2 aromatic carbocycles. The van der Waals surface area contributed by atoms with Crippen molar-refractivity contribution in [1.29, 1.82) is 0 Å². The van der Waals surface area contributed by atoms with Crippen LogP contribution in [0.5, 0.6) is 5.75 Å². The minimum absolute atomic E-state index is 0.0301. The molecule has 1 saturated heterocycles. The Morgan fingerprint density at radius 2 is 1.83 bits per heavy atom. The zero-order valence-electron chi connectivity index (χ0n) is 16.8. The molecule has 156 valence electrons. The number of benzene rings is 2. The van der Waals surface area contributed by atoms with Crippen molar-refractivity contribution in [2.45, 2.75) is 6.92 Å². The van der Waals surface area contributed by atoms with Crippen LogP contribution >= 0.6 is 11.6 Å². The largest absolute Gasteiger partial charge is 0.492 e. The molecule has 1 heterocycles. The predicted molar refractivity (Wildman–Crippen MR) is 117 cm³/mol. The molecule has 1 fully saturated rings. The number of carbonyl (C=O) groups excluding carboxylic acids is 1. The van der Waals surface area contributed by atoms with Gasteiger partial charge in [0.1, 0.15) is 12.4 Å². The number of nitrogens with one attached hydrogen (secondary N) is 1. The lowest BCUT2D eigenvalue weighted by atomic mass is 10.2. The van der Waals surface area contributed by atoms with Crippen molar-refractivity contribution in [2.75, 3.05) is 62.8 Å². The van der Waals surface area contributed by atoms with Gasteiger partial charge >= 0.3 is 0 Å². The van der Waals surface area contributed by atoms with E-state index in [0.29, 0.717) is 24.7 Å². The van der Waals surface area contributed by atoms with E-state index in [1.54, 1.807) is 12.1 Å². The lowest BCUT2D eigenvalue weighted by Crippen LogP contribution is -2.36. The summed E-state index contributed by atoms with van der Waals surface area (Å²) in [5.74, 6) is 0.743. The maximum Gasteiger partial charge on any atom is 0.238 e. The van der Waals surface area contributed by atoms with Crippen LogP contribution in [0.2, 0.25) is 5.02 Å². The third-order valence-corrected chi connectivity index (χ3v) is 5.08. The Morgan fingerprint density at radius 3 is 2.48 bits per heavy atom. The molecule has 7 heteroatoms. The molecule has 0 atom stereocenters. The van der Waals surface area contributed by atoms with E-state index in [1.165, 1.54) is 0 Å². The van der Waals surface area contributed by atoms with Crippen molar-refractivity contribution in [2.24, 2.45) is 0 Å². The molecule has 1 N–H and O–H groups in total. The second kappa shape index (κ2) is 11.0. The molecular formula is C22H28ClN3O3. The van der Waals surface area contributed by atoms with Gasteiger partial charge in [-0.2, -0.15) is 0 Å². The van der Waals surface area contributed by atoms with Gasteiger partial charge in [0.05, 0.1) is 19.8 Å². The van der Waals surface area contributed by atoms with Crippen LogP contribution in [0.3, 0.4) is 0 Å². The topological polar surface area (TPSA) is 54.0 Å². The number of halogens is 1. The van der Waals surface area contributed by atoms with Crippen molar-refractivity contribution < 1.29 is 14.3 Å². The average molecular weight is 418 g/mol. The molecule has 0 saturated carbocycles. The van der Waals surface area contributed by atoms with Gasteiger partial charge in [0.15, 0.2) is 0 Å². The molecule has 0 spiro atoms. The minimum atomic E-state index is -0.0301. The second-order valence-electron chi connectivity index (χ2n) is 6.87. The quantitative estimate of drug-likeness (QED) is 0.676. The SMILES string of the molecule is CCN(CCOc1ccc(Cl)cc1)CC(=O)Nc1ccc(N2CCOCC2)cc1. The number of ether oxygens (including phenoxy) is 2. The number of carbonyl (C=O) groups is 1. The fourth-order valence-corrected chi connectivity index (χ4v) is 3.28. The molecule has 29 heavy (non-hydrogen) atoms. The number of hydrogen-bond acceptors (Lipinski definition) is 5. The molecule has 1 amide bonds. The fourth-order valence-electron chi connectivity index (χ4n) is 3.15. The summed E-state index contributed by atoms with van der Waals surface area (Å²) in [6.07, 6.45) is 0. The van der Waals surface area contributed by atoms with E-state index in [9.17, 15) is 4.79 Å². The lowest BCUT2D eigenvalue weighted by Gasteiger charge is -2.29. The summed E-state index contributed by atoms with van der Waals surface area (Å²) in [4.78, 5) is 16.7. The third kappa shape index (κ3) is 6.92. The van der Waals surface area contributed by atoms with Crippen LogP contribution in [-0.2, 0) is 9.53 Å². The van der Waals surface area contributed by atoms with E-state index < -0.39 is 0 Å². The molecular weight excluding hydrogens is 390 g/mol. The fraction of sp³-hybridized carbons (Fsp3) is 0.409. The number of anilines is 2. The van der Waals surface area contributed by atoms with Crippen molar-refractivity contribution in [3.63, 3.8) is 0 Å². The van der Waals surface area contributed by atoms with E-state index in [4.69, 9.17) is 21.1 Å².